The summed E-state index contributed by atoms with van der Waals surface area (Å²) in [7, 11) is 1.15. The molecule has 7 N–H and O–H groups in total. The van der Waals surface area contributed by atoms with E-state index in [4.69, 9.17) is 10.5 Å². The highest BCUT2D eigenvalue weighted by Crippen LogP contribution is 2.28. The first-order valence-corrected chi connectivity index (χ1v) is 7.30. The van der Waals surface area contributed by atoms with Crippen LogP contribution in [0.4, 0.5) is 11.5 Å². The molecule has 0 radical (unpaired) electrons. The lowest BCUT2D eigenvalue weighted by atomic mass is 9.97. The number of hydrogen-bond donors (Lipinski definition) is 6. The van der Waals surface area contributed by atoms with Crippen LogP contribution in [0.15, 0.2) is 9.59 Å². The number of nitrogens with zero attached hydrogens (tertiary/aromatic N) is 2. The van der Waals surface area contributed by atoms with Crippen molar-refractivity contribution in [3.63, 3.8) is 0 Å². The van der Waals surface area contributed by atoms with Crippen LogP contribution >= 0.6 is 0 Å². The average Bonchev–Trinajstić information content (AvgIpc) is 2.55. The number of hydrogen-bond acceptors (Lipinski definition) is 9. The minimum Gasteiger partial charge on any atom is -0.394 e. The third-order valence-corrected chi connectivity index (χ3v) is 4.01. The maximum Gasteiger partial charge on any atom is 0.329 e. The Kier molecular flexibility index (Phi) is 5.29. The van der Waals surface area contributed by atoms with Gasteiger partial charge in [0.15, 0.2) is 11.9 Å². The number of carbonyl (C=O) groups is 1. The quantitative estimate of drug-likeness (QED) is 0.310. The third kappa shape index (κ3) is 3.17. The molecule has 5 atom stereocenters. The molecule has 1 saturated heterocycles. The van der Waals surface area contributed by atoms with Crippen LogP contribution in [-0.4, -0.2) is 73.1 Å². The van der Waals surface area contributed by atoms with Crippen LogP contribution < -0.4 is 21.9 Å². The Morgan fingerprint density at radius 2 is 1.88 bits per heavy atom. The van der Waals surface area contributed by atoms with Crippen molar-refractivity contribution in [2.24, 2.45) is 7.05 Å². The van der Waals surface area contributed by atoms with Gasteiger partial charge < -0.3 is 30.9 Å². The Bertz CT molecular complexity index is 772. The minimum atomic E-state index is -1.81. The van der Waals surface area contributed by atoms with Gasteiger partial charge in [0.25, 0.3) is 5.56 Å². The zero-order valence-electron chi connectivity index (χ0n) is 13.5. The lowest BCUT2D eigenvalue weighted by Crippen LogP contribution is -2.65. The monoisotopic (exact) mass is 360 g/mol. The highest BCUT2D eigenvalue weighted by Gasteiger charge is 2.47. The van der Waals surface area contributed by atoms with Gasteiger partial charge in [-0.3, -0.25) is 24.0 Å². The molecule has 0 aliphatic carbocycles. The number of carbonyl (C=O) groups excluding carboxylic acids is 1. The highest BCUT2D eigenvalue weighted by molar-refractivity contribution is 5.94. The summed E-state index contributed by atoms with van der Waals surface area (Å²) in [6.45, 7) is 0.331. The van der Waals surface area contributed by atoms with Crippen LogP contribution in [0.25, 0.3) is 0 Å². The van der Waals surface area contributed by atoms with E-state index in [0.29, 0.717) is 9.47 Å². The molecule has 1 aliphatic heterocycles. The van der Waals surface area contributed by atoms with E-state index in [1.54, 1.807) is 0 Å². The van der Waals surface area contributed by atoms with Gasteiger partial charge in [0.05, 0.1) is 6.61 Å². The number of nitrogen functional groups attached to an aromatic ring is 1. The standard InChI is InChI=1S/C13H20N4O8/c1-4(19)17(6-10(14)15-13(24)16(2)11(6)23)12-9(22)8(21)7(20)5(3-18)25-12/h5,7-9,12,18,20-22H,3,14H2,1-2H3,(H,15,24). The molecule has 2 heterocycles. The zero-order valence-corrected chi connectivity index (χ0v) is 13.5. The number of H-pyrrole nitrogens is 1. The molecule has 1 aromatic heterocycles. The first kappa shape index (κ1) is 19.1. The van der Waals surface area contributed by atoms with E-state index >= 15 is 0 Å². The molecule has 0 saturated carbocycles. The lowest BCUT2D eigenvalue weighted by Gasteiger charge is -2.44. The molecule has 5 unspecified atom stereocenters. The molecule has 25 heavy (non-hydrogen) atoms. The van der Waals surface area contributed by atoms with Gasteiger partial charge in [0.1, 0.15) is 30.2 Å². The number of aliphatic hydroxyl groups excluding tert-OH is 4. The van der Waals surface area contributed by atoms with Crippen LogP contribution in [0.2, 0.25) is 0 Å². The van der Waals surface area contributed by atoms with Gasteiger partial charge in [-0.25, -0.2) is 4.79 Å². The van der Waals surface area contributed by atoms with Gasteiger partial charge in [-0.2, -0.15) is 0 Å². The predicted molar refractivity (Wildman–Crippen MR) is 83.6 cm³/mol. The molecule has 0 bridgehead atoms. The first-order chi connectivity index (χ1) is 11.6. The minimum absolute atomic E-state index is 0.444. The van der Waals surface area contributed by atoms with E-state index in [-0.39, 0.29) is 0 Å². The summed E-state index contributed by atoms with van der Waals surface area (Å²) >= 11 is 0. The molecule has 0 spiro atoms. The van der Waals surface area contributed by atoms with Gasteiger partial charge in [0.2, 0.25) is 5.91 Å². The van der Waals surface area contributed by atoms with E-state index in [9.17, 15) is 34.8 Å². The summed E-state index contributed by atoms with van der Waals surface area (Å²) < 4.78 is 5.95. The largest absolute Gasteiger partial charge is 0.394 e. The molecule has 12 heteroatoms. The number of rotatable bonds is 3. The normalized spacial score (nSPS) is 29.4. The maximum atomic E-state index is 12.4. The summed E-state index contributed by atoms with van der Waals surface area (Å²) in [5.41, 5.74) is 3.42. The number of nitrogens with one attached hydrogen (secondary N) is 1. The van der Waals surface area contributed by atoms with Gasteiger partial charge in [-0.05, 0) is 0 Å². The van der Waals surface area contributed by atoms with Crippen molar-refractivity contribution in [3.8, 4) is 0 Å². The Morgan fingerprint density at radius 1 is 1.28 bits per heavy atom. The van der Waals surface area contributed by atoms with Crippen molar-refractivity contribution in [2.45, 2.75) is 37.6 Å². The maximum absolute atomic E-state index is 12.4. The van der Waals surface area contributed by atoms with E-state index in [0.717, 1.165) is 14.0 Å². The Labute approximate surface area is 140 Å². The van der Waals surface area contributed by atoms with E-state index in [1.165, 1.54) is 0 Å². The lowest BCUT2D eigenvalue weighted by molar-refractivity contribution is -0.228. The number of amides is 1. The predicted octanol–water partition coefficient (Wildman–Crippen LogP) is -4.19. The zero-order chi connectivity index (χ0) is 19.0. The van der Waals surface area contributed by atoms with Crippen LogP contribution in [0.1, 0.15) is 6.92 Å². The van der Waals surface area contributed by atoms with E-state index in [2.05, 4.69) is 4.98 Å². The van der Waals surface area contributed by atoms with Crippen LogP contribution in [0.3, 0.4) is 0 Å². The molecule has 1 aromatic rings. The summed E-state index contributed by atoms with van der Waals surface area (Å²) in [6, 6.07) is 0. The number of ether oxygens (including phenoxy) is 1. The molecular weight excluding hydrogens is 340 g/mol. The second-order valence-electron chi connectivity index (χ2n) is 5.67. The van der Waals surface area contributed by atoms with Crippen LogP contribution in [-0.2, 0) is 16.6 Å². The number of nitrogens with two attached hydrogens (primary N) is 1. The first-order valence-electron chi connectivity index (χ1n) is 7.30. The van der Waals surface area contributed by atoms with Crippen molar-refractivity contribution in [2.75, 3.05) is 17.2 Å². The number of aliphatic hydroxyl groups is 4. The van der Waals surface area contributed by atoms with Crippen molar-refractivity contribution in [3.05, 3.63) is 20.8 Å². The molecule has 12 nitrogen and oxygen atoms in total. The molecule has 1 aliphatic rings. The fraction of sp³-hybridized carbons (Fsp3) is 0.615. The second kappa shape index (κ2) is 6.93. The van der Waals surface area contributed by atoms with Crippen molar-refractivity contribution >= 4 is 17.4 Å². The Hall–Kier alpha value is -2.25. The van der Waals surface area contributed by atoms with Crippen molar-refractivity contribution in [1.82, 2.24) is 9.55 Å². The van der Waals surface area contributed by atoms with Gasteiger partial charge >= 0.3 is 5.69 Å². The Balaban J connectivity index is 2.60. The second-order valence-corrected chi connectivity index (χ2v) is 5.67. The molecular formula is C13H20N4O8. The smallest absolute Gasteiger partial charge is 0.329 e. The topological polar surface area (TPSA) is 191 Å². The average molecular weight is 360 g/mol. The van der Waals surface area contributed by atoms with Crippen molar-refractivity contribution in [1.29, 1.82) is 0 Å². The molecule has 140 valence electrons. The molecule has 0 aromatic carbocycles. The summed E-state index contributed by atoms with van der Waals surface area (Å²) in [4.78, 5) is 38.9. The van der Waals surface area contributed by atoms with Gasteiger partial charge in [-0.1, -0.05) is 0 Å². The molecule has 1 fully saturated rings. The van der Waals surface area contributed by atoms with Crippen LogP contribution in [0.5, 0.6) is 0 Å². The Morgan fingerprint density at radius 3 is 2.40 bits per heavy atom. The van der Waals surface area contributed by atoms with Gasteiger partial charge in [-0.15, -0.1) is 0 Å². The molecule has 2 rings (SSSR count). The van der Waals surface area contributed by atoms with Crippen LogP contribution in [0, 0.1) is 0 Å². The number of anilines is 2. The SMILES string of the molecule is CC(=O)N(c1c(N)[nH]c(=O)n(C)c1=O)C1OC(CO)C(O)C(O)C1O. The third-order valence-electron chi connectivity index (χ3n) is 4.01. The van der Waals surface area contributed by atoms with Gasteiger partial charge in [0, 0.05) is 14.0 Å². The number of aromatic nitrogens is 2. The summed E-state index contributed by atoms with van der Waals surface area (Å²) in [5, 5.41) is 39.1. The fourth-order valence-electron chi connectivity index (χ4n) is 2.62. The van der Waals surface area contributed by atoms with E-state index in [1.807, 2.05) is 0 Å². The fourth-order valence-corrected chi connectivity index (χ4v) is 2.62. The summed E-state index contributed by atoms with van der Waals surface area (Å²) in [6.07, 6.45) is -8.13. The number of aromatic amines is 1. The highest BCUT2D eigenvalue weighted by atomic mass is 16.6. The summed E-state index contributed by atoms with van der Waals surface area (Å²) in [5.74, 6) is -1.24. The molecule has 1 amide bonds. The van der Waals surface area contributed by atoms with Crippen molar-refractivity contribution < 1.29 is 30.0 Å². The van der Waals surface area contributed by atoms with E-state index < -0.39 is 65.9 Å².